The molecule has 0 bridgehead atoms. The minimum Gasteiger partial charge on any atom is -0.289 e. The topological polar surface area (TPSA) is 58.9 Å². The molecule has 0 aliphatic heterocycles. The number of rotatable bonds is 2. The molecule has 0 fully saturated rings. The Morgan fingerprint density at radius 3 is 2.69 bits per heavy atom. The normalized spacial score (nSPS) is 12.6. The second-order valence-corrected chi connectivity index (χ2v) is 6.71. The average Bonchev–Trinajstić information content (AvgIpc) is 3.19. The maximum Gasteiger partial charge on any atom is 0.434 e. The quantitative estimate of drug-likeness (QED) is 0.529. The van der Waals surface area contributed by atoms with Crippen molar-refractivity contribution in [3.05, 3.63) is 47.3 Å². The van der Waals surface area contributed by atoms with E-state index in [0.717, 1.165) is 11.6 Å². The van der Waals surface area contributed by atoms with E-state index in [2.05, 4.69) is 20.2 Å². The van der Waals surface area contributed by atoms with Crippen molar-refractivity contribution in [1.29, 1.82) is 0 Å². The fourth-order valence-electron chi connectivity index (χ4n) is 2.98. The van der Waals surface area contributed by atoms with Gasteiger partial charge in [0, 0.05) is 17.1 Å². The number of fused-ring (bicyclic) bond motifs is 2. The molecule has 134 valence electrons. The van der Waals surface area contributed by atoms with Crippen molar-refractivity contribution in [2.75, 3.05) is 0 Å². The van der Waals surface area contributed by atoms with Gasteiger partial charge in [0.1, 0.15) is 12.0 Å². The van der Waals surface area contributed by atoms with Crippen molar-refractivity contribution >= 4 is 28.2 Å². The Morgan fingerprint density at radius 1 is 1.23 bits per heavy atom. The number of aromatic nitrogens is 5. The van der Waals surface area contributed by atoms with Gasteiger partial charge in [-0.2, -0.15) is 18.3 Å². The molecular weight excluding hydrogens is 367 g/mol. The van der Waals surface area contributed by atoms with E-state index >= 15 is 0 Å². The predicted molar refractivity (Wildman–Crippen MR) is 92.2 cm³/mol. The highest BCUT2D eigenvalue weighted by Gasteiger charge is 2.34. The molecule has 3 heterocycles. The summed E-state index contributed by atoms with van der Waals surface area (Å²) < 4.78 is 40.7. The number of nitrogens with one attached hydrogen (secondary N) is 1. The van der Waals surface area contributed by atoms with E-state index in [9.17, 15) is 13.2 Å². The lowest BCUT2D eigenvalue weighted by Crippen LogP contribution is -2.04. The Bertz CT molecular complexity index is 1130. The van der Waals surface area contributed by atoms with Gasteiger partial charge in [-0.1, -0.05) is 25.4 Å². The third-order valence-corrected chi connectivity index (χ3v) is 4.46. The number of aromatic amines is 1. The van der Waals surface area contributed by atoms with Gasteiger partial charge < -0.3 is 0 Å². The summed E-state index contributed by atoms with van der Waals surface area (Å²) in [6.45, 7) is 3.85. The molecule has 1 N–H and O–H groups in total. The van der Waals surface area contributed by atoms with Crippen LogP contribution < -0.4 is 0 Å². The van der Waals surface area contributed by atoms with Crippen LogP contribution in [-0.2, 0) is 6.18 Å². The van der Waals surface area contributed by atoms with Crippen LogP contribution in [0.2, 0.25) is 5.02 Å². The van der Waals surface area contributed by atoms with Crippen molar-refractivity contribution < 1.29 is 13.2 Å². The fourth-order valence-corrected chi connectivity index (χ4v) is 3.25. The van der Waals surface area contributed by atoms with Crippen molar-refractivity contribution in [3.8, 4) is 11.1 Å². The minimum absolute atomic E-state index is 0.0140. The van der Waals surface area contributed by atoms with Gasteiger partial charge in [0.15, 0.2) is 5.69 Å². The van der Waals surface area contributed by atoms with Crippen LogP contribution in [0.3, 0.4) is 0 Å². The molecule has 0 unspecified atom stereocenters. The Morgan fingerprint density at radius 2 is 2.00 bits per heavy atom. The SMILES string of the molecule is CC(C)c1ncn2cc(C(F)(F)F)nc2c1-c1cc(Cl)c2[nH]ncc2c1. The number of alkyl halides is 3. The van der Waals surface area contributed by atoms with Crippen LogP contribution in [0, 0.1) is 0 Å². The van der Waals surface area contributed by atoms with Crippen molar-refractivity contribution in [2.24, 2.45) is 0 Å². The number of H-pyrrole nitrogens is 1. The number of imidazole rings is 1. The molecule has 0 saturated carbocycles. The Hall–Kier alpha value is -2.61. The summed E-state index contributed by atoms with van der Waals surface area (Å²) in [6, 6.07) is 3.50. The highest BCUT2D eigenvalue weighted by molar-refractivity contribution is 6.35. The molecule has 4 aromatic rings. The predicted octanol–water partition coefficient (Wildman–Crippen LogP) is 5.07. The summed E-state index contributed by atoms with van der Waals surface area (Å²) in [4.78, 5) is 8.20. The monoisotopic (exact) mass is 379 g/mol. The summed E-state index contributed by atoms with van der Waals surface area (Å²) in [5, 5.41) is 7.94. The first-order chi connectivity index (χ1) is 12.3. The van der Waals surface area contributed by atoms with Gasteiger partial charge in [0.2, 0.25) is 0 Å². The molecule has 0 spiro atoms. The van der Waals surface area contributed by atoms with E-state index in [-0.39, 0.29) is 11.6 Å². The number of nitrogens with zero attached hydrogens (tertiary/aromatic N) is 4. The van der Waals surface area contributed by atoms with Crippen LogP contribution in [0.15, 0.2) is 30.9 Å². The smallest absolute Gasteiger partial charge is 0.289 e. The molecule has 9 heteroatoms. The first kappa shape index (κ1) is 16.8. The number of halogens is 4. The van der Waals surface area contributed by atoms with Gasteiger partial charge >= 0.3 is 6.18 Å². The molecule has 5 nitrogen and oxygen atoms in total. The number of hydrogen-bond donors (Lipinski definition) is 1. The molecular formula is C17H13ClF3N5. The summed E-state index contributed by atoms with van der Waals surface area (Å²) in [6.07, 6.45) is -0.629. The lowest BCUT2D eigenvalue weighted by molar-refractivity contribution is -0.140. The van der Waals surface area contributed by atoms with Crippen LogP contribution in [0.1, 0.15) is 31.2 Å². The van der Waals surface area contributed by atoms with Crippen molar-refractivity contribution in [3.63, 3.8) is 0 Å². The van der Waals surface area contributed by atoms with Gasteiger partial charge in [-0.05, 0) is 23.6 Å². The zero-order chi connectivity index (χ0) is 18.6. The maximum absolute atomic E-state index is 13.1. The zero-order valence-electron chi connectivity index (χ0n) is 13.8. The largest absolute Gasteiger partial charge is 0.434 e. The van der Waals surface area contributed by atoms with Crippen LogP contribution >= 0.6 is 11.6 Å². The van der Waals surface area contributed by atoms with Gasteiger partial charge in [0.05, 0.1) is 22.4 Å². The standard InChI is InChI=1S/C17H13ClF3N5/c1-8(2)14-13(9-3-10-5-23-25-15(10)11(18)4-9)16-24-12(17(19,20)21)6-26(16)7-22-14/h3-8H,1-2H3,(H,23,25). The first-order valence-corrected chi connectivity index (χ1v) is 8.21. The molecule has 0 aliphatic rings. The molecule has 0 radical (unpaired) electrons. The van der Waals surface area contributed by atoms with E-state index in [1.54, 1.807) is 12.3 Å². The van der Waals surface area contributed by atoms with E-state index in [4.69, 9.17) is 11.6 Å². The second-order valence-electron chi connectivity index (χ2n) is 6.31. The fraction of sp³-hybridized carbons (Fsp3) is 0.235. The van der Waals surface area contributed by atoms with Crippen molar-refractivity contribution in [2.45, 2.75) is 25.9 Å². The number of benzene rings is 1. The third kappa shape index (κ3) is 2.61. The summed E-state index contributed by atoms with van der Waals surface area (Å²) >= 11 is 6.32. The highest BCUT2D eigenvalue weighted by Crippen LogP contribution is 2.37. The Labute approximate surface area is 150 Å². The van der Waals surface area contributed by atoms with E-state index in [1.807, 2.05) is 19.9 Å². The van der Waals surface area contributed by atoms with Crippen LogP contribution in [0.4, 0.5) is 13.2 Å². The lowest BCUT2D eigenvalue weighted by Gasteiger charge is -2.13. The molecule has 26 heavy (non-hydrogen) atoms. The van der Waals surface area contributed by atoms with Gasteiger partial charge in [0.25, 0.3) is 0 Å². The Balaban J connectivity index is 2.07. The molecule has 0 amide bonds. The molecule has 4 rings (SSSR count). The van der Waals surface area contributed by atoms with Gasteiger partial charge in [-0.3, -0.25) is 9.50 Å². The molecule has 0 atom stereocenters. The Kier molecular flexibility index (Phi) is 3.69. The van der Waals surface area contributed by atoms with Crippen molar-refractivity contribution in [1.82, 2.24) is 24.6 Å². The molecule has 0 saturated heterocycles. The van der Waals surface area contributed by atoms with E-state index in [1.165, 1.54) is 10.7 Å². The maximum atomic E-state index is 13.1. The molecule has 0 aliphatic carbocycles. The van der Waals surface area contributed by atoms with Crippen LogP contribution in [0.5, 0.6) is 0 Å². The zero-order valence-corrected chi connectivity index (χ0v) is 14.5. The first-order valence-electron chi connectivity index (χ1n) is 7.83. The van der Waals surface area contributed by atoms with E-state index in [0.29, 0.717) is 27.4 Å². The average molecular weight is 380 g/mol. The lowest BCUT2D eigenvalue weighted by atomic mass is 9.97. The third-order valence-electron chi connectivity index (χ3n) is 4.16. The second kappa shape index (κ2) is 5.70. The summed E-state index contributed by atoms with van der Waals surface area (Å²) in [5.74, 6) is -0.0140. The van der Waals surface area contributed by atoms with Crippen LogP contribution in [0.25, 0.3) is 27.7 Å². The van der Waals surface area contributed by atoms with Gasteiger partial charge in [-0.15, -0.1) is 0 Å². The molecule has 3 aromatic heterocycles. The summed E-state index contributed by atoms with van der Waals surface area (Å²) in [5.41, 5.74) is 1.72. The van der Waals surface area contributed by atoms with Gasteiger partial charge in [-0.25, -0.2) is 9.97 Å². The summed E-state index contributed by atoms with van der Waals surface area (Å²) in [7, 11) is 0. The van der Waals surface area contributed by atoms with Crippen LogP contribution in [-0.4, -0.2) is 24.6 Å². The highest BCUT2D eigenvalue weighted by atomic mass is 35.5. The van der Waals surface area contributed by atoms with E-state index < -0.39 is 11.9 Å². The molecule has 1 aromatic carbocycles. The minimum atomic E-state index is -4.53. The number of hydrogen-bond acceptors (Lipinski definition) is 3.